The minimum Gasteiger partial charge on any atom is -0.495 e. The van der Waals surface area contributed by atoms with Crippen LogP contribution in [0.1, 0.15) is 19.4 Å². The highest BCUT2D eigenvalue weighted by atomic mass is 32.2. The van der Waals surface area contributed by atoms with E-state index in [0.717, 1.165) is 35.7 Å². The van der Waals surface area contributed by atoms with Crippen LogP contribution >= 0.6 is 0 Å². The Kier molecular flexibility index (Phi) is 6.63. The maximum absolute atomic E-state index is 13.1. The summed E-state index contributed by atoms with van der Waals surface area (Å²) >= 11 is 0. The van der Waals surface area contributed by atoms with E-state index in [1.807, 2.05) is 55.5 Å². The normalized spacial score (nSPS) is 18.7. The minimum absolute atomic E-state index is 0.222. The quantitative estimate of drug-likeness (QED) is 0.554. The Balaban J connectivity index is 1.57. The summed E-state index contributed by atoms with van der Waals surface area (Å²) in [5.74, 6) is 0.724. The third kappa shape index (κ3) is 5.31. The Morgan fingerprint density at radius 2 is 1.48 bits per heavy atom. The van der Waals surface area contributed by atoms with Gasteiger partial charge in [-0.3, -0.25) is 4.72 Å². The third-order valence-corrected chi connectivity index (χ3v) is 7.28. The molecule has 0 radical (unpaired) electrons. The predicted molar refractivity (Wildman–Crippen MR) is 135 cm³/mol. The Bertz CT molecular complexity index is 1200. The fourth-order valence-corrected chi connectivity index (χ4v) is 5.36. The second-order valence-corrected chi connectivity index (χ2v) is 10.4. The van der Waals surface area contributed by atoms with Crippen molar-refractivity contribution in [2.75, 3.05) is 29.8 Å². The van der Waals surface area contributed by atoms with E-state index in [0.29, 0.717) is 17.8 Å². The van der Waals surface area contributed by atoms with Gasteiger partial charge in [0, 0.05) is 25.2 Å². The van der Waals surface area contributed by atoms with Gasteiger partial charge in [0.15, 0.2) is 0 Å². The predicted octanol–water partition coefficient (Wildman–Crippen LogP) is 4.66. The molecule has 2 atom stereocenters. The van der Waals surface area contributed by atoms with Gasteiger partial charge in [-0.05, 0) is 62.2 Å². The number of hydrogen-bond acceptors (Lipinski definition) is 5. The summed E-state index contributed by atoms with van der Waals surface area (Å²) in [6, 6.07) is 21.2. The standard InChI is InChI=1S/C26H31N3O3S/c1-18-5-7-21(8-6-18)22-9-12-24(13-10-22)33(30,31)28-23-11-14-26(32-4)25(15-23)29-16-19(2)27-20(3)17-29/h5-15,19-20,27-28H,16-17H2,1-4H3/t19-,20+. The lowest BCUT2D eigenvalue weighted by Gasteiger charge is -2.38. The fraction of sp³-hybridized carbons (Fsp3) is 0.308. The summed E-state index contributed by atoms with van der Waals surface area (Å²) in [6.07, 6.45) is 0. The number of benzene rings is 3. The van der Waals surface area contributed by atoms with E-state index in [9.17, 15) is 8.42 Å². The zero-order chi connectivity index (χ0) is 23.6. The lowest BCUT2D eigenvalue weighted by molar-refractivity contribution is 0.391. The average Bonchev–Trinajstić information content (AvgIpc) is 2.79. The Hall–Kier alpha value is -3.03. The van der Waals surface area contributed by atoms with Gasteiger partial charge in [-0.15, -0.1) is 0 Å². The van der Waals surface area contributed by atoms with Crippen molar-refractivity contribution < 1.29 is 13.2 Å². The number of aryl methyl sites for hydroxylation is 1. The summed E-state index contributed by atoms with van der Waals surface area (Å²) in [4.78, 5) is 2.46. The van der Waals surface area contributed by atoms with Crippen LogP contribution in [0.5, 0.6) is 5.75 Å². The highest BCUT2D eigenvalue weighted by molar-refractivity contribution is 7.92. The van der Waals surface area contributed by atoms with Gasteiger partial charge >= 0.3 is 0 Å². The molecule has 1 heterocycles. The van der Waals surface area contributed by atoms with Gasteiger partial charge in [-0.1, -0.05) is 42.0 Å². The van der Waals surface area contributed by atoms with E-state index in [1.165, 1.54) is 5.56 Å². The third-order valence-electron chi connectivity index (χ3n) is 5.88. The van der Waals surface area contributed by atoms with Gasteiger partial charge in [0.25, 0.3) is 10.0 Å². The molecule has 0 aliphatic carbocycles. The largest absolute Gasteiger partial charge is 0.495 e. The zero-order valence-corrected chi connectivity index (χ0v) is 20.3. The van der Waals surface area contributed by atoms with Crippen LogP contribution in [0, 0.1) is 6.92 Å². The second kappa shape index (κ2) is 9.45. The Morgan fingerprint density at radius 3 is 2.06 bits per heavy atom. The van der Waals surface area contributed by atoms with Crippen molar-refractivity contribution in [3.63, 3.8) is 0 Å². The first kappa shape index (κ1) is 23.1. The van der Waals surface area contributed by atoms with Crippen molar-refractivity contribution in [1.82, 2.24) is 5.32 Å². The number of hydrogen-bond donors (Lipinski definition) is 2. The number of rotatable bonds is 6. The van der Waals surface area contributed by atoms with E-state index in [4.69, 9.17) is 4.74 Å². The molecule has 2 N–H and O–H groups in total. The van der Waals surface area contributed by atoms with Gasteiger partial charge in [0.2, 0.25) is 0 Å². The molecule has 0 spiro atoms. The molecule has 7 heteroatoms. The van der Waals surface area contributed by atoms with Crippen LogP contribution in [0.3, 0.4) is 0 Å². The fourth-order valence-electron chi connectivity index (χ4n) is 4.31. The van der Waals surface area contributed by atoms with Crippen molar-refractivity contribution in [2.45, 2.75) is 37.8 Å². The molecule has 0 unspecified atom stereocenters. The van der Waals surface area contributed by atoms with Gasteiger partial charge in [-0.2, -0.15) is 0 Å². The summed E-state index contributed by atoms with van der Waals surface area (Å²) in [5, 5.41) is 3.52. The summed E-state index contributed by atoms with van der Waals surface area (Å²) in [5.41, 5.74) is 4.60. The first-order valence-electron chi connectivity index (χ1n) is 11.1. The van der Waals surface area contributed by atoms with Crippen molar-refractivity contribution in [3.8, 4) is 16.9 Å². The lowest BCUT2D eigenvalue weighted by atomic mass is 10.0. The molecular formula is C26H31N3O3S. The molecule has 3 aromatic carbocycles. The molecule has 4 rings (SSSR count). The number of piperazine rings is 1. The van der Waals surface area contributed by atoms with Gasteiger partial charge in [-0.25, -0.2) is 8.42 Å². The average molecular weight is 466 g/mol. The van der Waals surface area contributed by atoms with E-state index < -0.39 is 10.0 Å². The first-order valence-corrected chi connectivity index (χ1v) is 12.6. The number of nitrogens with one attached hydrogen (secondary N) is 2. The second-order valence-electron chi connectivity index (χ2n) is 8.76. The number of methoxy groups -OCH3 is 1. The van der Waals surface area contributed by atoms with Crippen molar-refractivity contribution in [3.05, 3.63) is 72.3 Å². The molecule has 0 bridgehead atoms. The molecule has 3 aromatic rings. The Labute approximate surface area is 196 Å². The van der Waals surface area contributed by atoms with Crippen LogP contribution in [-0.2, 0) is 10.0 Å². The maximum atomic E-state index is 13.1. The first-order chi connectivity index (χ1) is 15.7. The van der Waals surface area contributed by atoms with Crippen LogP contribution < -0.4 is 19.7 Å². The molecule has 6 nitrogen and oxygen atoms in total. The van der Waals surface area contributed by atoms with Crippen LogP contribution in [-0.4, -0.2) is 40.7 Å². The molecule has 174 valence electrons. The molecular weight excluding hydrogens is 434 g/mol. The van der Waals surface area contributed by atoms with Gasteiger partial charge in [0.1, 0.15) is 5.75 Å². The molecule has 1 aliphatic heterocycles. The van der Waals surface area contributed by atoms with Crippen LogP contribution in [0.15, 0.2) is 71.6 Å². The monoisotopic (exact) mass is 465 g/mol. The van der Waals surface area contributed by atoms with Crippen LogP contribution in [0.4, 0.5) is 11.4 Å². The molecule has 1 aliphatic rings. The number of ether oxygens (including phenoxy) is 1. The van der Waals surface area contributed by atoms with Gasteiger partial charge in [0.05, 0.1) is 23.4 Å². The SMILES string of the molecule is COc1ccc(NS(=O)(=O)c2ccc(-c3ccc(C)cc3)cc2)cc1N1C[C@@H](C)N[C@@H](C)C1. The zero-order valence-electron chi connectivity index (χ0n) is 19.5. The van der Waals surface area contributed by atoms with Gasteiger partial charge < -0.3 is 15.0 Å². The summed E-state index contributed by atoms with van der Waals surface area (Å²) < 4.78 is 34.4. The topological polar surface area (TPSA) is 70.7 Å². The summed E-state index contributed by atoms with van der Waals surface area (Å²) in [7, 11) is -2.10. The van der Waals surface area contributed by atoms with E-state index in [1.54, 1.807) is 25.3 Å². The maximum Gasteiger partial charge on any atom is 0.261 e. The summed E-state index contributed by atoms with van der Waals surface area (Å²) in [6.45, 7) is 7.96. The molecule has 0 amide bonds. The van der Waals surface area contributed by atoms with Crippen molar-refractivity contribution in [2.24, 2.45) is 0 Å². The molecule has 33 heavy (non-hydrogen) atoms. The minimum atomic E-state index is -3.73. The highest BCUT2D eigenvalue weighted by Gasteiger charge is 2.24. The van der Waals surface area contributed by atoms with E-state index in [-0.39, 0.29) is 4.90 Å². The van der Waals surface area contributed by atoms with E-state index in [2.05, 4.69) is 28.8 Å². The number of sulfonamides is 1. The van der Waals surface area contributed by atoms with E-state index >= 15 is 0 Å². The molecule has 1 fully saturated rings. The Morgan fingerprint density at radius 1 is 0.909 bits per heavy atom. The smallest absolute Gasteiger partial charge is 0.261 e. The van der Waals surface area contributed by atoms with Crippen LogP contribution in [0.2, 0.25) is 0 Å². The van der Waals surface area contributed by atoms with Crippen molar-refractivity contribution >= 4 is 21.4 Å². The molecule has 1 saturated heterocycles. The number of anilines is 2. The lowest BCUT2D eigenvalue weighted by Crippen LogP contribution is -2.54. The molecule has 0 saturated carbocycles. The highest BCUT2D eigenvalue weighted by Crippen LogP contribution is 2.33. The molecule has 0 aromatic heterocycles. The van der Waals surface area contributed by atoms with Crippen LogP contribution in [0.25, 0.3) is 11.1 Å². The number of nitrogens with zero attached hydrogens (tertiary/aromatic N) is 1. The van der Waals surface area contributed by atoms with Crippen molar-refractivity contribution in [1.29, 1.82) is 0 Å².